The first kappa shape index (κ1) is 21.8. The van der Waals surface area contributed by atoms with Gasteiger partial charge in [0.1, 0.15) is 5.75 Å². The Morgan fingerprint density at radius 1 is 1.03 bits per heavy atom. The van der Waals surface area contributed by atoms with Crippen LogP contribution >= 0.6 is 11.6 Å². The van der Waals surface area contributed by atoms with Gasteiger partial charge in [-0.1, -0.05) is 54.1 Å². The quantitative estimate of drug-likeness (QED) is 0.556. The highest BCUT2D eigenvalue weighted by Crippen LogP contribution is 2.25. The van der Waals surface area contributed by atoms with Crippen LogP contribution in [0.15, 0.2) is 83.8 Å². The Bertz CT molecular complexity index is 1120. The van der Waals surface area contributed by atoms with Crippen molar-refractivity contribution in [3.63, 3.8) is 0 Å². The lowest BCUT2D eigenvalue weighted by Gasteiger charge is -2.18. The number of benzene rings is 3. The summed E-state index contributed by atoms with van der Waals surface area (Å²) < 4.78 is 32.1. The van der Waals surface area contributed by atoms with Gasteiger partial charge in [-0.15, -0.1) is 0 Å². The van der Waals surface area contributed by atoms with Crippen LogP contribution in [-0.2, 0) is 21.4 Å². The number of aliphatic carboxylic acids is 1. The summed E-state index contributed by atoms with van der Waals surface area (Å²) in [6, 6.07) is 21.3. The van der Waals surface area contributed by atoms with Gasteiger partial charge in [0.2, 0.25) is 16.1 Å². The molecular weight excluding hydrogens is 426 g/mol. The molecular formula is C22H20ClNO5S. The van der Waals surface area contributed by atoms with Gasteiger partial charge in [0.15, 0.2) is 0 Å². The Morgan fingerprint density at radius 3 is 2.30 bits per heavy atom. The Kier molecular flexibility index (Phi) is 6.77. The van der Waals surface area contributed by atoms with Crippen LogP contribution < -0.4 is 4.74 Å². The van der Waals surface area contributed by atoms with Crippen LogP contribution in [0.2, 0.25) is 5.02 Å². The highest BCUT2D eigenvalue weighted by molar-refractivity contribution is 7.89. The molecule has 0 heterocycles. The molecule has 1 N–H and O–H groups in total. The molecule has 156 valence electrons. The molecule has 0 aliphatic heterocycles. The van der Waals surface area contributed by atoms with E-state index >= 15 is 0 Å². The molecule has 0 amide bonds. The van der Waals surface area contributed by atoms with E-state index in [0.717, 1.165) is 5.56 Å². The highest BCUT2D eigenvalue weighted by atomic mass is 35.5. The number of ether oxygens (including phenoxy) is 1. The van der Waals surface area contributed by atoms with Crippen molar-refractivity contribution in [2.75, 3.05) is 7.05 Å². The number of rotatable bonds is 8. The van der Waals surface area contributed by atoms with Gasteiger partial charge >= 0.3 is 5.97 Å². The van der Waals surface area contributed by atoms with Crippen LogP contribution in [0.5, 0.6) is 5.75 Å². The molecule has 0 aromatic heterocycles. The van der Waals surface area contributed by atoms with Crippen molar-refractivity contribution in [2.24, 2.45) is 0 Å². The number of carbonyl (C=O) groups is 1. The van der Waals surface area contributed by atoms with Crippen molar-refractivity contribution in [3.05, 3.63) is 95.0 Å². The molecule has 0 saturated heterocycles. The van der Waals surface area contributed by atoms with E-state index in [9.17, 15) is 18.3 Å². The lowest BCUT2D eigenvalue weighted by Crippen LogP contribution is -2.26. The number of sulfonamides is 1. The molecule has 0 spiro atoms. The fourth-order valence-corrected chi connectivity index (χ4v) is 4.23. The maximum absolute atomic E-state index is 12.6. The number of hydrogen-bond donors (Lipinski definition) is 1. The largest absolute Gasteiger partial charge is 0.478 e. The van der Waals surface area contributed by atoms with Gasteiger partial charge < -0.3 is 9.84 Å². The summed E-state index contributed by atoms with van der Waals surface area (Å²) >= 11 is 5.94. The monoisotopic (exact) mass is 445 g/mol. The van der Waals surface area contributed by atoms with E-state index in [1.54, 1.807) is 72.8 Å². The Hall–Kier alpha value is -2.87. The fraction of sp³-hybridized carbons (Fsp3) is 0.136. The van der Waals surface area contributed by atoms with E-state index in [1.807, 2.05) is 0 Å². The SMILES string of the molecule is CN(Cc1ccc(OC(C(=O)O)c2cccc(Cl)c2)cc1)S(=O)(=O)c1ccccc1. The summed E-state index contributed by atoms with van der Waals surface area (Å²) in [6.07, 6.45) is -1.21. The van der Waals surface area contributed by atoms with Gasteiger partial charge in [-0.25, -0.2) is 13.2 Å². The number of halogens is 1. The van der Waals surface area contributed by atoms with E-state index in [0.29, 0.717) is 16.3 Å². The summed E-state index contributed by atoms with van der Waals surface area (Å²) in [6.45, 7) is 0.161. The van der Waals surface area contributed by atoms with E-state index in [-0.39, 0.29) is 11.4 Å². The minimum absolute atomic E-state index is 0.161. The Balaban J connectivity index is 1.72. The standard InChI is InChI=1S/C22H20ClNO5S/c1-24(30(27,28)20-8-3-2-4-9-20)15-16-10-12-19(13-11-16)29-21(22(25)26)17-6-5-7-18(23)14-17/h2-14,21H,15H2,1H3,(H,25,26). The average molecular weight is 446 g/mol. The molecule has 1 unspecified atom stereocenters. The van der Waals surface area contributed by atoms with E-state index in [1.165, 1.54) is 17.4 Å². The lowest BCUT2D eigenvalue weighted by atomic mass is 10.1. The molecule has 3 aromatic rings. The minimum Gasteiger partial charge on any atom is -0.478 e. The second-order valence-corrected chi connectivity index (χ2v) is 9.09. The van der Waals surface area contributed by atoms with Crippen molar-refractivity contribution in [2.45, 2.75) is 17.5 Å². The Morgan fingerprint density at radius 2 is 1.70 bits per heavy atom. The zero-order valence-corrected chi connectivity index (χ0v) is 17.7. The van der Waals surface area contributed by atoms with Crippen LogP contribution in [0.25, 0.3) is 0 Å². The van der Waals surface area contributed by atoms with Crippen molar-refractivity contribution in [1.82, 2.24) is 4.31 Å². The maximum atomic E-state index is 12.6. The normalized spacial score (nSPS) is 12.5. The van der Waals surface area contributed by atoms with E-state index in [4.69, 9.17) is 16.3 Å². The van der Waals surface area contributed by atoms with Crippen molar-refractivity contribution >= 4 is 27.6 Å². The number of carboxylic acid groups (broad SMARTS) is 1. The van der Waals surface area contributed by atoms with E-state index in [2.05, 4.69) is 0 Å². The highest BCUT2D eigenvalue weighted by Gasteiger charge is 2.23. The Labute approximate surface area is 180 Å². The predicted octanol–water partition coefficient (Wildman–Crippen LogP) is 4.37. The average Bonchev–Trinajstić information content (AvgIpc) is 2.73. The first-order chi connectivity index (χ1) is 14.3. The molecule has 1 atom stereocenters. The minimum atomic E-state index is -3.61. The fourth-order valence-electron chi connectivity index (χ4n) is 2.85. The molecule has 0 saturated carbocycles. The van der Waals surface area contributed by atoms with Gasteiger partial charge in [0, 0.05) is 24.2 Å². The number of carboxylic acids is 1. The van der Waals surface area contributed by atoms with Gasteiger partial charge in [-0.2, -0.15) is 4.31 Å². The third-order valence-electron chi connectivity index (χ3n) is 4.41. The summed E-state index contributed by atoms with van der Waals surface area (Å²) in [5.74, 6) is -0.797. The van der Waals surface area contributed by atoms with Crippen LogP contribution in [0.4, 0.5) is 0 Å². The maximum Gasteiger partial charge on any atom is 0.349 e. The zero-order valence-electron chi connectivity index (χ0n) is 16.1. The second kappa shape index (κ2) is 9.30. The van der Waals surface area contributed by atoms with Gasteiger partial charge in [0.05, 0.1) is 4.90 Å². The molecule has 30 heavy (non-hydrogen) atoms. The van der Waals surface area contributed by atoms with Gasteiger partial charge in [-0.3, -0.25) is 0 Å². The topological polar surface area (TPSA) is 83.9 Å². The molecule has 0 bridgehead atoms. The molecule has 0 aliphatic carbocycles. The molecule has 8 heteroatoms. The van der Waals surface area contributed by atoms with Crippen LogP contribution in [0, 0.1) is 0 Å². The molecule has 3 rings (SSSR count). The van der Waals surface area contributed by atoms with Gasteiger partial charge in [-0.05, 0) is 42.0 Å². The van der Waals surface area contributed by atoms with Crippen molar-refractivity contribution < 1.29 is 23.1 Å². The van der Waals surface area contributed by atoms with Crippen LogP contribution in [-0.4, -0.2) is 30.8 Å². The first-order valence-corrected chi connectivity index (χ1v) is 10.8. The lowest BCUT2D eigenvalue weighted by molar-refractivity contribution is -0.145. The third kappa shape index (κ3) is 5.18. The van der Waals surface area contributed by atoms with Crippen LogP contribution in [0.1, 0.15) is 17.2 Å². The summed E-state index contributed by atoms with van der Waals surface area (Å²) in [4.78, 5) is 11.9. The summed E-state index contributed by atoms with van der Waals surface area (Å²) in [7, 11) is -2.10. The zero-order chi connectivity index (χ0) is 21.7. The molecule has 6 nitrogen and oxygen atoms in total. The number of nitrogens with zero attached hydrogens (tertiary/aromatic N) is 1. The van der Waals surface area contributed by atoms with Crippen molar-refractivity contribution in [3.8, 4) is 5.75 Å². The number of hydrogen-bond acceptors (Lipinski definition) is 4. The summed E-state index contributed by atoms with van der Waals surface area (Å²) in [5, 5.41) is 9.93. The van der Waals surface area contributed by atoms with Crippen LogP contribution in [0.3, 0.4) is 0 Å². The first-order valence-electron chi connectivity index (χ1n) is 9.02. The molecule has 3 aromatic carbocycles. The summed E-state index contributed by atoms with van der Waals surface area (Å²) in [5.41, 5.74) is 1.16. The smallest absolute Gasteiger partial charge is 0.349 e. The van der Waals surface area contributed by atoms with E-state index < -0.39 is 22.1 Å². The molecule has 0 radical (unpaired) electrons. The van der Waals surface area contributed by atoms with Crippen molar-refractivity contribution in [1.29, 1.82) is 0 Å². The third-order valence-corrected chi connectivity index (χ3v) is 6.46. The van der Waals surface area contributed by atoms with Gasteiger partial charge in [0.25, 0.3) is 0 Å². The molecule has 0 aliphatic rings. The predicted molar refractivity (Wildman–Crippen MR) is 114 cm³/mol. The second-order valence-electron chi connectivity index (χ2n) is 6.61. The molecule has 0 fully saturated rings.